The highest BCUT2D eigenvalue weighted by molar-refractivity contribution is 7.89. The number of hydrogen-bond acceptors (Lipinski definition) is 4. The van der Waals surface area contributed by atoms with Crippen LogP contribution in [0.15, 0.2) is 34.7 Å². The molecule has 0 saturated carbocycles. The number of carbonyl (C=O) groups excluding carboxylic acids is 1. The standard InChI is InChI=1S/C16H16FNO4S/c1-23(20,21)9-10-5-8-15(22-10)16(19)18-14-7-6-11-12(14)3-2-4-13(11)17/h2-5,8,14H,6-7,9H2,1H3,(H,18,19)/t14-/m1/s1. The molecule has 23 heavy (non-hydrogen) atoms. The van der Waals surface area contributed by atoms with Crippen molar-refractivity contribution < 1.29 is 22.0 Å². The lowest BCUT2D eigenvalue weighted by molar-refractivity contribution is 0.0907. The van der Waals surface area contributed by atoms with Gasteiger partial charge in [0.05, 0.1) is 6.04 Å². The Morgan fingerprint density at radius 2 is 2.13 bits per heavy atom. The number of hydrogen-bond donors (Lipinski definition) is 1. The van der Waals surface area contributed by atoms with Crippen molar-refractivity contribution in [3.05, 3.63) is 58.8 Å². The van der Waals surface area contributed by atoms with Gasteiger partial charge in [-0.05, 0) is 42.2 Å². The van der Waals surface area contributed by atoms with Crippen LogP contribution in [0.2, 0.25) is 0 Å². The summed E-state index contributed by atoms with van der Waals surface area (Å²) in [5.41, 5.74) is 1.41. The van der Waals surface area contributed by atoms with E-state index in [0.29, 0.717) is 18.4 Å². The van der Waals surface area contributed by atoms with E-state index in [9.17, 15) is 17.6 Å². The molecule has 0 aliphatic heterocycles. The minimum atomic E-state index is -3.22. The number of rotatable bonds is 4. The first-order chi connectivity index (χ1) is 10.8. The van der Waals surface area contributed by atoms with Crippen molar-refractivity contribution in [3.63, 3.8) is 0 Å². The highest BCUT2D eigenvalue weighted by Crippen LogP contribution is 2.32. The Labute approximate surface area is 133 Å². The van der Waals surface area contributed by atoms with E-state index in [4.69, 9.17) is 4.42 Å². The monoisotopic (exact) mass is 337 g/mol. The third-order valence-corrected chi connectivity index (χ3v) is 4.62. The zero-order valence-corrected chi connectivity index (χ0v) is 13.3. The van der Waals surface area contributed by atoms with E-state index in [1.807, 2.05) is 0 Å². The fraction of sp³-hybridized carbons (Fsp3) is 0.312. The number of amides is 1. The van der Waals surface area contributed by atoms with Gasteiger partial charge in [-0.2, -0.15) is 0 Å². The van der Waals surface area contributed by atoms with E-state index in [1.165, 1.54) is 18.2 Å². The first-order valence-electron chi connectivity index (χ1n) is 7.18. The van der Waals surface area contributed by atoms with Crippen molar-refractivity contribution in [3.8, 4) is 0 Å². The second-order valence-corrected chi connectivity index (χ2v) is 7.85. The lowest BCUT2D eigenvalue weighted by Crippen LogP contribution is -2.26. The molecular weight excluding hydrogens is 321 g/mol. The summed E-state index contributed by atoms with van der Waals surface area (Å²) in [6.07, 6.45) is 2.29. The van der Waals surface area contributed by atoms with Gasteiger partial charge >= 0.3 is 0 Å². The van der Waals surface area contributed by atoms with Gasteiger partial charge in [-0.3, -0.25) is 4.79 Å². The Bertz CT molecular complexity index is 857. The van der Waals surface area contributed by atoms with E-state index < -0.39 is 15.7 Å². The van der Waals surface area contributed by atoms with Crippen LogP contribution in [0.25, 0.3) is 0 Å². The van der Waals surface area contributed by atoms with Crippen LogP contribution in [0.4, 0.5) is 4.39 Å². The maximum absolute atomic E-state index is 13.7. The smallest absolute Gasteiger partial charge is 0.287 e. The fourth-order valence-corrected chi connectivity index (χ4v) is 3.50. The summed E-state index contributed by atoms with van der Waals surface area (Å²) in [6.45, 7) is 0. The molecule has 0 radical (unpaired) electrons. The Morgan fingerprint density at radius 1 is 1.35 bits per heavy atom. The quantitative estimate of drug-likeness (QED) is 0.929. The number of furan rings is 1. The summed E-state index contributed by atoms with van der Waals surface area (Å²) in [7, 11) is -3.22. The molecule has 5 nitrogen and oxygen atoms in total. The molecule has 1 amide bonds. The largest absolute Gasteiger partial charge is 0.455 e. The van der Waals surface area contributed by atoms with Crippen LogP contribution in [0.1, 0.15) is 39.9 Å². The molecule has 1 heterocycles. The predicted octanol–water partition coefficient (Wildman–Crippen LogP) is 2.38. The molecule has 0 unspecified atom stereocenters. The lowest BCUT2D eigenvalue weighted by Gasteiger charge is -2.13. The van der Waals surface area contributed by atoms with Crippen LogP contribution in [0, 0.1) is 5.82 Å². The minimum Gasteiger partial charge on any atom is -0.455 e. The average molecular weight is 337 g/mol. The van der Waals surface area contributed by atoms with E-state index in [2.05, 4.69) is 5.32 Å². The number of carbonyl (C=O) groups is 1. The zero-order valence-electron chi connectivity index (χ0n) is 12.5. The zero-order chi connectivity index (χ0) is 16.6. The molecule has 1 aromatic heterocycles. The van der Waals surface area contributed by atoms with Gasteiger partial charge in [0.15, 0.2) is 15.6 Å². The summed E-state index contributed by atoms with van der Waals surface area (Å²) in [5.74, 6) is -0.679. The summed E-state index contributed by atoms with van der Waals surface area (Å²) in [4.78, 5) is 12.2. The molecule has 7 heteroatoms. The van der Waals surface area contributed by atoms with Crippen molar-refractivity contribution in [1.82, 2.24) is 5.32 Å². The lowest BCUT2D eigenvalue weighted by atomic mass is 10.1. The second-order valence-electron chi connectivity index (χ2n) is 5.71. The molecule has 122 valence electrons. The number of sulfone groups is 1. The Kier molecular flexibility index (Phi) is 3.97. The topological polar surface area (TPSA) is 76.4 Å². The van der Waals surface area contributed by atoms with Crippen LogP contribution in [-0.2, 0) is 22.0 Å². The second kappa shape index (κ2) is 5.81. The molecule has 2 aromatic rings. The molecule has 1 aliphatic carbocycles. The van der Waals surface area contributed by atoms with Crippen molar-refractivity contribution in [2.45, 2.75) is 24.6 Å². The van der Waals surface area contributed by atoms with Crippen molar-refractivity contribution in [1.29, 1.82) is 0 Å². The predicted molar refractivity (Wildman–Crippen MR) is 82.2 cm³/mol. The normalized spacial score (nSPS) is 17.0. The molecule has 1 N–H and O–H groups in total. The molecule has 1 aliphatic rings. The molecule has 0 spiro atoms. The molecule has 0 saturated heterocycles. The Hall–Kier alpha value is -2.15. The van der Waals surface area contributed by atoms with Crippen LogP contribution in [0.5, 0.6) is 0 Å². The summed E-state index contributed by atoms with van der Waals surface area (Å²) in [5, 5.41) is 2.81. The van der Waals surface area contributed by atoms with Crippen LogP contribution >= 0.6 is 0 Å². The Balaban J connectivity index is 1.73. The van der Waals surface area contributed by atoms with E-state index >= 15 is 0 Å². The fourth-order valence-electron chi connectivity index (χ4n) is 2.82. The van der Waals surface area contributed by atoms with Gasteiger partial charge < -0.3 is 9.73 Å². The summed E-state index contributed by atoms with van der Waals surface area (Å²) < 4.78 is 41.4. The van der Waals surface area contributed by atoms with Crippen molar-refractivity contribution >= 4 is 15.7 Å². The van der Waals surface area contributed by atoms with Gasteiger partial charge in [-0.25, -0.2) is 12.8 Å². The van der Waals surface area contributed by atoms with Crippen molar-refractivity contribution in [2.24, 2.45) is 0 Å². The summed E-state index contributed by atoms with van der Waals surface area (Å²) in [6, 6.07) is 7.47. The van der Waals surface area contributed by atoms with Gasteiger partial charge in [0.2, 0.25) is 0 Å². The maximum atomic E-state index is 13.7. The van der Waals surface area contributed by atoms with E-state index in [0.717, 1.165) is 11.8 Å². The molecule has 1 atom stereocenters. The Morgan fingerprint density at radius 3 is 2.87 bits per heavy atom. The SMILES string of the molecule is CS(=O)(=O)Cc1ccc(C(=O)N[C@@H]2CCc3c(F)cccc32)o1. The van der Waals surface area contributed by atoms with E-state index in [-0.39, 0.29) is 29.1 Å². The van der Waals surface area contributed by atoms with Gasteiger partial charge in [0.25, 0.3) is 5.91 Å². The van der Waals surface area contributed by atoms with Gasteiger partial charge in [-0.1, -0.05) is 12.1 Å². The van der Waals surface area contributed by atoms with Crippen LogP contribution in [-0.4, -0.2) is 20.6 Å². The molecular formula is C16H16FNO4S. The maximum Gasteiger partial charge on any atom is 0.287 e. The van der Waals surface area contributed by atoms with E-state index in [1.54, 1.807) is 12.1 Å². The first-order valence-corrected chi connectivity index (χ1v) is 9.24. The summed E-state index contributed by atoms with van der Waals surface area (Å²) >= 11 is 0. The van der Waals surface area contributed by atoms with Gasteiger partial charge in [0.1, 0.15) is 17.3 Å². The van der Waals surface area contributed by atoms with Crippen molar-refractivity contribution in [2.75, 3.05) is 6.26 Å². The molecule has 0 bridgehead atoms. The van der Waals surface area contributed by atoms with Gasteiger partial charge in [-0.15, -0.1) is 0 Å². The molecule has 0 fully saturated rings. The third-order valence-electron chi connectivity index (χ3n) is 3.81. The highest BCUT2D eigenvalue weighted by atomic mass is 32.2. The number of fused-ring (bicyclic) bond motifs is 1. The number of nitrogens with one attached hydrogen (secondary N) is 1. The molecule has 3 rings (SSSR count). The highest BCUT2D eigenvalue weighted by Gasteiger charge is 2.27. The van der Waals surface area contributed by atoms with Crippen LogP contribution < -0.4 is 5.32 Å². The number of halogens is 1. The van der Waals surface area contributed by atoms with Crippen LogP contribution in [0.3, 0.4) is 0 Å². The first kappa shape index (κ1) is 15.7. The third kappa shape index (κ3) is 3.44. The average Bonchev–Trinajstić information content (AvgIpc) is 3.05. The molecule has 1 aromatic carbocycles. The van der Waals surface area contributed by atoms with Gasteiger partial charge in [0, 0.05) is 6.26 Å². The number of benzene rings is 1. The minimum absolute atomic E-state index is 0.0495.